The number of nitrogens with zero attached hydrogens (tertiary/aromatic N) is 4. The van der Waals surface area contributed by atoms with Crippen molar-refractivity contribution in [3.63, 3.8) is 0 Å². The van der Waals surface area contributed by atoms with Gasteiger partial charge in [-0.2, -0.15) is 0 Å². The highest BCUT2D eigenvalue weighted by Gasteiger charge is 2.25. The molecule has 142 valence electrons. The molecule has 0 atom stereocenters. The monoisotopic (exact) mass is 370 g/mol. The molecule has 3 aromatic rings. The molecule has 0 saturated heterocycles. The molecule has 27 heavy (non-hydrogen) atoms. The van der Waals surface area contributed by atoms with Crippen LogP contribution in [0.5, 0.6) is 0 Å². The number of primary amides is 1. The number of nitrogens with two attached hydrogens (primary N) is 2. The molecule has 0 fully saturated rings. The van der Waals surface area contributed by atoms with Crippen molar-refractivity contribution in [3.05, 3.63) is 42.2 Å². The maximum Gasteiger partial charge on any atom is 0.271 e. The molecular weight excluding hydrogens is 348 g/mol. The van der Waals surface area contributed by atoms with Crippen molar-refractivity contribution in [2.24, 2.45) is 16.9 Å². The van der Waals surface area contributed by atoms with E-state index in [2.05, 4.69) is 9.97 Å². The Morgan fingerprint density at radius 1 is 1.37 bits per heavy atom. The third-order valence-electron chi connectivity index (χ3n) is 4.29. The lowest BCUT2D eigenvalue weighted by atomic mass is 9.93. The van der Waals surface area contributed by atoms with Gasteiger partial charge >= 0.3 is 0 Å². The van der Waals surface area contributed by atoms with E-state index in [0.29, 0.717) is 30.2 Å². The highest BCUT2D eigenvalue weighted by atomic mass is 16.3. The molecule has 9 heteroatoms. The number of amides is 2. The second-order valence-corrected chi connectivity index (χ2v) is 7.18. The number of imidazole rings is 1. The summed E-state index contributed by atoms with van der Waals surface area (Å²) in [4.78, 5) is 34.8. The van der Waals surface area contributed by atoms with Crippen LogP contribution in [-0.4, -0.2) is 51.2 Å². The van der Waals surface area contributed by atoms with Crippen molar-refractivity contribution in [3.8, 4) is 11.5 Å². The predicted molar refractivity (Wildman–Crippen MR) is 99.0 cm³/mol. The van der Waals surface area contributed by atoms with Crippen molar-refractivity contribution >= 4 is 17.5 Å². The lowest BCUT2D eigenvalue weighted by molar-refractivity contribution is 0.0733. The first-order valence-corrected chi connectivity index (χ1v) is 8.41. The molecule has 0 bridgehead atoms. The number of carbonyl (C=O) groups excluding carboxylic acids is 2. The molecule has 0 radical (unpaired) electrons. The van der Waals surface area contributed by atoms with E-state index in [1.807, 2.05) is 13.8 Å². The summed E-state index contributed by atoms with van der Waals surface area (Å²) in [5.41, 5.74) is 11.8. The summed E-state index contributed by atoms with van der Waals surface area (Å²) >= 11 is 0. The Bertz CT molecular complexity index is 990. The highest BCUT2D eigenvalue weighted by molar-refractivity contribution is 5.99. The normalized spacial score (nSPS) is 11.7. The van der Waals surface area contributed by atoms with Gasteiger partial charge in [-0.3, -0.25) is 14.0 Å². The van der Waals surface area contributed by atoms with Gasteiger partial charge in [0.25, 0.3) is 11.8 Å². The van der Waals surface area contributed by atoms with Crippen molar-refractivity contribution in [1.82, 2.24) is 19.3 Å². The van der Waals surface area contributed by atoms with Crippen molar-refractivity contribution in [1.29, 1.82) is 0 Å². The number of aromatic nitrogens is 3. The van der Waals surface area contributed by atoms with Gasteiger partial charge in [-0.15, -0.1) is 0 Å². The summed E-state index contributed by atoms with van der Waals surface area (Å²) < 4.78 is 6.85. The molecular formula is C18H22N6O3. The molecule has 0 aliphatic rings. The molecule has 9 nitrogen and oxygen atoms in total. The lowest BCUT2D eigenvalue weighted by Crippen LogP contribution is -2.40. The fraction of sp³-hybridized carbons (Fsp3) is 0.333. The maximum atomic E-state index is 13.1. The molecule has 3 rings (SSSR count). The summed E-state index contributed by atoms with van der Waals surface area (Å²) in [5.74, 6) is -0.518. The van der Waals surface area contributed by atoms with Gasteiger partial charge in [0.15, 0.2) is 17.1 Å². The molecule has 0 aromatic carbocycles. The van der Waals surface area contributed by atoms with Gasteiger partial charge in [-0.1, -0.05) is 13.8 Å². The van der Waals surface area contributed by atoms with Crippen molar-refractivity contribution in [2.45, 2.75) is 13.8 Å². The average molecular weight is 370 g/mol. The zero-order valence-electron chi connectivity index (χ0n) is 15.5. The van der Waals surface area contributed by atoms with Gasteiger partial charge in [0.1, 0.15) is 17.7 Å². The molecule has 0 saturated carbocycles. The highest BCUT2D eigenvalue weighted by Crippen LogP contribution is 2.23. The van der Waals surface area contributed by atoms with Crippen molar-refractivity contribution < 1.29 is 14.0 Å². The minimum Gasteiger partial charge on any atom is -0.463 e. The molecule has 0 unspecified atom stereocenters. The SMILES string of the molecule is CN(CC(C)(C)CN)C(=O)c1cc(-c2ccco2)nc2c(C(N)=O)ncn12. The first kappa shape index (κ1) is 18.6. The topological polar surface area (TPSA) is 133 Å². The van der Waals surface area contributed by atoms with E-state index in [1.54, 1.807) is 30.1 Å². The van der Waals surface area contributed by atoms with Crippen LogP contribution in [0.1, 0.15) is 34.8 Å². The third-order valence-corrected chi connectivity index (χ3v) is 4.29. The number of fused-ring (bicyclic) bond motifs is 1. The molecule has 3 heterocycles. The lowest BCUT2D eigenvalue weighted by Gasteiger charge is -2.29. The van der Waals surface area contributed by atoms with Crippen LogP contribution in [0.2, 0.25) is 0 Å². The number of furan rings is 1. The fourth-order valence-electron chi connectivity index (χ4n) is 2.83. The zero-order chi connectivity index (χ0) is 19.8. The van der Waals surface area contributed by atoms with E-state index in [9.17, 15) is 9.59 Å². The molecule has 2 amide bonds. The van der Waals surface area contributed by atoms with Gasteiger partial charge < -0.3 is 20.8 Å². The minimum atomic E-state index is -0.724. The second-order valence-electron chi connectivity index (χ2n) is 7.18. The second kappa shape index (κ2) is 6.84. The number of hydrogen-bond donors (Lipinski definition) is 2. The average Bonchev–Trinajstić information content (AvgIpc) is 3.29. The van der Waals surface area contributed by atoms with Gasteiger partial charge in [-0.05, 0) is 30.2 Å². The minimum absolute atomic E-state index is 0.0117. The molecule has 0 spiro atoms. The van der Waals surface area contributed by atoms with E-state index in [1.165, 1.54) is 17.0 Å². The standard InChI is InChI=1S/C18H22N6O3/c1-18(2,8-19)9-23(3)17(26)12-7-11(13-5-4-6-27-13)22-16-14(15(20)25)21-10-24(12)16/h4-7,10H,8-9,19H2,1-3H3,(H2,20,25). The van der Waals surface area contributed by atoms with Crippen molar-refractivity contribution in [2.75, 3.05) is 20.1 Å². The largest absolute Gasteiger partial charge is 0.463 e. The van der Waals surface area contributed by atoms with Crippen LogP contribution in [0, 0.1) is 5.41 Å². The van der Waals surface area contributed by atoms with Gasteiger partial charge in [0.2, 0.25) is 0 Å². The summed E-state index contributed by atoms with van der Waals surface area (Å²) in [7, 11) is 1.70. The molecule has 4 N–H and O–H groups in total. The van der Waals surface area contributed by atoms with E-state index in [-0.39, 0.29) is 22.7 Å². The van der Waals surface area contributed by atoms with Crippen LogP contribution in [0.3, 0.4) is 0 Å². The Morgan fingerprint density at radius 3 is 2.70 bits per heavy atom. The number of carbonyl (C=O) groups is 2. The van der Waals surface area contributed by atoms with E-state index >= 15 is 0 Å². The first-order chi connectivity index (χ1) is 12.7. The van der Waals surface area contributed by atoms with E-state index in [0.717, 1.165) is 0 Å². The van der Waals surface area contributed by atoms with E-state index < -0.39 is 5.91 Å². The molecule has 3 aromatic heterocycles. The van der Waals surface area contributed by atoms with Gasteiger partial charge in [0, 0.05) is 13.6 Å². The van der Waals surface area contributed by atoms with Crippen LogP contribution in [0.4, 0.5) is 0 Å². The van der Waals surface area contributed by atoms with Gasteiger partial charge in [0.05, 0.1) is 6.26 Å². The Hall–Kier alpha value is -3.20. The third kappa shape index (κ3) is 3.54. The van der Waals surface area contributed by atoms with E-state index in [4.69, 9.17) is 15.9 Å². The zero-order valence-corrected chi connectivity index (χ0v) is 15.5. The molecule has 0 aliphatic carbocycles. The summed E-state index contributed by atoms with van der Waals surface area (Å²) in [6.45, 7) is 4.86. The maximum absolute atomic E-state index is 13.1. The molecule has 0 aliphatic heterocycles. The van der Waals surface area contributed by atoms with Crippen LogP contribution < -0.4 is 11.5 Å². The van der Waals surface area contributed by atoms with Crippen LogP contribution in [0.15, 0.2) is 35.2 Å². The quantitative estimate of drug-likeness (QED) is 0.668. The smallest absolute Gasteiger partial charge is 0.271 e. The summed E-state index contributed by atoms with van der Waals surface area (Å²) in [5, 5.41) is 0. The Morgan fingerprint density at radius 2 is 2.11 bits per heavy atom. The number of rotatable bonds is 6. The fourth-order valence-corrected chi connectivity index (χ4v) is 2.83. The van der Waals surface area contributed by atoms with Crippen LogP contribution in [0.25, 0.3) is 17.1 Å². The first-order valence-electron chi connectivity index (χ1n) is 8.41. The van der Waals surface area contributed by atoms with Crippen LogP contribution >= 0.6 is 0 Å². The predicted octanol–water partition coefficient (Wildman–Crippen LogP) is 1.15. The Balaban J connectivity index is 2.13. The Labute approximate surface area is 156 Å². The van der Waals surface area contributed by atoms with Gasteiger partial charge in [-0.25, -0.2) is 9.97 Å². The summed E-state index contributed by atoms with van der Waals surface area (Å²) in [6.07, 6.45) is 2.87. The number of hydrogen-bond acceptors (Lipinski definition) is 6. The Kier molecular flexibility index (Phi) is 4.71. The van der Waals surface area contributed by atoms with Crippen LogP contribution in [-0.2, 0) is 0 Å². The summed E-state index contributed by atoms with van der Waals surface area (Å²) in [6, 6.07) is 5.03.